The zero-order chi connectivity index (χ0) is 31.4. The molecule has 2 aromatic heterocycles. The highest BCUT2D eigenvalue weighted by molar-refractivity contribution is 5.76. The number of oxazole rings is 1. The molecule has 47 heavy (non-hydrogen) atoms. The van der Waals surface area contributed by atoms with Crippen LogP contribution in [-0.2, 0) is 0 Å². The van der Waals surface area contributed by atoms with Gasteiger partial charge in [-0.25, -0.2) is 19.9 Å². The largest absolute Gasteiger partial charge is 0.457 e. The lowest BCUT2D eigenvalue weighted by molar-refractivity contribution is 0.482. The number of nitrogens with zero attached hydrogens (tertiary/aromatic N) is 4. The van der Waals surface area contributed by atoms with Gasteiger partial charge in [-0.05, 0) is 97.1 Å². The number of para-hydroxylation sites is 4. The molecule has 0 unspecified atom stereocenters. The number of aromatic nitrogens is 4. The number of ether oxygens (including phenoxy) is 2. The molecule has 0 bridgehead atoms. The van der Waals surface area contributed by atoms with Crippen LogP contribution >= 0.6 is 0 Å². The summed E-state index contributed by atoms with van der Waals surface area (Å²) in [5.41, 5.74) is 4.94. The van der Waals surface area contributed by atoms with Crippen molar-refractivity contribution in [1.29, 1.82) is 0 Å². The van der Waals surface area contributed by atoms with E-state index in [2.05, 4.69) is 4.98 Å². The Morgan fingerprint density at radius 1 is 0.340 bits per heavy atom. The first-order valence-corrected chi connectivity index (χ1v) is 15.1. The number of fused-ring (bicyclic) bond motifs is 1. The highest BCUT2D eigenvalue weighted by Crippen LogP contribution is 2.31. The van der Waals surface area contributed by atoms with Gasteiger partial charge in [0.05, 0.1) is 0 Å². The molecule has 0 atom stereocenters. The summed E-state index contributed by atoms with van der Waals surface area (Å²) >= 11 is 0. The molecule has 0 fully saturated rings. The van der Waals surface area contributed by atoms with E-state index in [0.29, 0.717) is 23.4 Å². The van der Waals surface area contributed by atoms with Crippen molar-refractivity contribution in [1.82, 2.24) is 19.9 Å². The molecule has 6 aromatic carbocycles. The summed E-state index contributed by atoms with van der Waals surface area (Å²) in [7, 11) is 0. The van der Waals surface area contributed by atoms with E-state index in [0.717, 1.165) is 56.4 Å². The van der Waals surface area contributed by atoms with Crippen LogP contribution in [0.3, 0.4) is 0 Å². The Hall–Kier alpha value is -6.60. The van der Waals surface area contributed by atoms with Gasteiger partial charge in [-0.3, -0.25) is 0 Å². The number of hydrogen-bond donors (Lipinski definition) is 0. The van der Waals surface area contributed by atoms with E-state index in [-0.39, 0.29) is 0 Å². The third-order valence-electron chi connectivity index (χ3n) is 7.50. The Labute approximate surface area is 270 Å². The first-order chi connectivity index (χ1) is 23.2. The highest BCUT2D eigenvalue weighted by Gasteiger charge is 2.14. The molecule has 8 rings (SSSR count). The van der Waals surface area contributed by atoms with Gasteiger partial charge in [0, 0.05) is 22.3 Å². The van der Waals surface area contributed by atoms with E-state index in [9.17, 15) is 0 Å². The molecule has 0 spiro atoms. The summed E-state index contributed by atoms with van der Waals surface area (Å²) in [6.45, 7) is 0. The highest BCUT2D eigenvalue weighted by atomic mass is 16.5. The Bertz CT molecular complexity index is 2130. The SMILES string of the molecule is c1ccc(Oc2ccc(-c3nc(-c4ccc(Oc5ccccc5)cc4)nc(-c4ccc(-c5nc6ccccc6o5)cc4)n3)cc2)cc1. The molecule has 0 aliphatic rings. The van der Waals surface area contributed by atoms with Gasteiger partial charge in [0.25, 0.3) is 0 Å². The van der Waals surface area contributed by atoms with Crippen LogP contribution < -0.4 is 9.47 Å². The Morgan fingerprint density at radius 3 is 1.19 bits per heavy atom. The molecular weight excluding hydrogens is 584 g/mol. The molecule has 7 heteroatoms. The smallest absolute Gasteiger partial charge is 0.227 e. The van der Waals surface area contributed by atoms with E-state index in [1.165, 1.54) is 0 Å². The first-order valence-electron chi connectivity index (χ1n) is 15.1. The third kappa shape index (κ3) is 6.18. The molecule has 0 saturated heterocycles. The van der Waals surface area contributed by atoms with E-state index in [1.54, 1.807) is 0 Å². The van der Waals surface area contributed by atoms with Crippen LogP contribution in [0.25, 0.3) is 56.7 Å². The van der Waals surface area contributed by atoms with Crippen LogP contribution in [0.15, 0.2) is 162 Å². The fraction of sp³-hybridized carbons (Fsp3) is 0. The minimum absolute atomic E-state index is 0.545. The Balaban J connectivity index is 1.13. The van der Waals surface area contributed by atoms with Gasteiger partial charge < -0.3 is 13.9 Å². The summed E-state index contributed by atoms with van der Waals surface area (Å²) < 4.78 is 18.0. The van der Waals surface area contributed by atoms with Crippen LogP contribution in [0.5, 0.6) is 23.0 Å². The van der Waals surface area contributed by atoms with Crippen molar-refractivity contribution in [3.05, 3.63) is 158 Å². The van der Waals surface area contributed by atoms with Gasteiger partial charge in [-0.15, -0.1) is 0 Å². The molecule has 0 aliphatic carbocycles. The zero-order valence-corrected chi connectivity index (χ0v) is 25.0. The van der Waals surface area contributed by atoms with Crippen molar-refractivity contribution in [2.75, 3.05) is 0 Å². The number of rotatable bonds is 8. The van der Waals surface area contributed by atoms with Crippen molar-refractivity contribution in [3.8, 4) is 68.6 Å². The third-order valence-corrected chi connectivity index (χ3v) is 7.50. The van der Waals surface area contributed by atoms with Crippen LogP contribution in [0.2, 0.25) is 0 Å². The maximum atomic E-state index is 6.00. The predicted molar refractivity (Wildman–Crippen MR) is 182 cm³/mol. The van der Waals surface area contributed by atoms with Crippen molar-refractivity contribution >= 4 is 11.1 Å². The molecule has 0 N–H and O–H groups in total. The molecule has 0 aliphatic heterocycles. The first kappa shape index (κ1) is 27.9. The second-order valence-electron chi connectivity index (χ2n) is 10.7. The molecule has 0 saturated carbocycles. The topological polar surface area (TPSA) is 83.2 Å². The van der Waals surface area contributed by atoms with E-state index in [4.69, 9.17) is 28.8 Å². The summed E-state index contributed by atoms with van der Waals surface area (Å²) in [4.78, 5) is 19.3. The maximum Gasteiger partial charge on any atom is 0.227 e. The maximum absolute atomic E-state index is 6.00. The summed E-state index contributed by atoms with van der Waals surface area (Å²) in [6, 6.07) is 50.4. The predicted octanol–water partition coefficient (Wildman–Crippen LogP) is 10.3. The quantitative estimate of drug-likeness (QED) is 0.169. The number of hydrogen-bond acceptors (Lipinski definition) is 7. The van der Waals surface area contributed by atoms with Crippen molar-refractivity contribution < 1.29 is 13.9 Å². The molecular formula is C40H26N4O3. The lowest BCUT2D eigenvalue weighted by atomic mass is 10.1. The summed E-state index contributed by atoms with van der Waals surface area (Å²) in [5, 5.41) is 0. The minimum Gasteiger partial charge on any atom is -0.457 e. The Morgan fingerprint density at radius 2 is 0.723 bits per heavy atom. The monoisotopic (exact) mass is 610 g/mol. The summed E-state index contributed by atoms with van der Waals surface area (Å²) in [5.74, 6) is 5.18. The van der Waals surface area contributed by atoms with Crippen LogP contribution in [0, 0.1) is 0 Å². The normalized spacial score (nSPS) is 11.0. The van der Waals surface area contributed by atoms with Gasteiger partial charge in [0.15, 0.2) is 23.1 Å². The zero-order valence-electron chi connectivity index (χ0n) is 25.0. The second-order valence-corrected chi connectivity index (χ2v) is 10.7. The van der Waals surface area contributed by atoms with Gasteiger partial charge >= 0.3 is 0 Å². The van der Waals surface area contributed by atoms with Crippen molar-refractivity contribution in [2.45, 2.75) is 0 Å². The van der Waals surface area contributed by atoms with Gasteiger partial charge in [-0.1, -0.05) is 60.7 Å². The van der Waals surface area contributed by atoms with Gasteiger partial charge in [-0.2, -0.15) is 0 Å². The lowest BCUT2D eigenvalue weighted by Gasteiger charge is -2.10. The molecule has 224 valence electrons. The van der Waals surface area contributed by atoms with E-state index < -0.39 is 0 Å². The van der Waals surface area contributed by atoms with Crippen LogP contribution in [-0.4, -0.2) is 19.9 Å². The van der Waals surface area contributed by atoms with E-state index >= 15 is 0 Å². The van der Waals surface area contributed by atoms with Gasteiger partial charge in [0.2, 0.25) is 5.89 Å². The van der Waals surface area contributed by atoms with Crippen molar-refractivity contribution in [3.63, 3.8) is 0 Å². The average Bonchev–Trinajstić information content (AvgIpc) is 3.58. The molecule has 7 nitrogen and oxygen atoms in total. The molecule has 0 amide bonds. The molecule has 2 heterocycles. The van der Waals surface area contributed by atoms with Crippen LogP contribution in [0.4, 0.5) is 0 Å². The standard InChI is InChI=1S/C40H26N4O3/c1-3-9-31(10-4-1)45-33-23-19-28(20-24-33)38-42-37(27-15-17-30(18-16-27)40-41-35-13-7-8-14-36(35)47-40)43-39(44-38)29-21-25-34(26-22-29)46-32-11-5-2-6-12-32/h1-26H. The second kappa shape index (κ2) is 12.4. The molecule has 0 radical (unpaired) electrons. The fourth-order valence-electron chi connectivity index (χ4n) is 5.11. The number of benzene rings is 6. The van der Waals surface area contributed by atoms with E-state index in [1.807, 2.05) is 158 Å². The Kier molecular flexibility index (Phi) is 7.38. The average molecular weight is 611 g/mol. The lowest BCUT2D eigenvalue weighted by Crippen LogP contribution is -2.00. The summed E-state index contributed by atoms with van der Waals surface area (Å²) in [6.07, 6.45) is 0. The van der Waals surface area contributed by atoms with Crippen molar-refractivity contribution in [2.24, 2.45) is 0 Å². The van der Waals surface area contributed by atoms with Crippen LogP contribution in [0.1, 0.15) is 0 Å². The fourth-order valence-corrected chi connectivity index (χ4v) is 5.11. The van der Waals surface area contributed by atoms with Gasteiger partial charge in [0.1, 0.15) is 28.5 Å². The molecule has 8 aromatic rings. The minimum atomic E-state index is 0.545.